The number of nitrogens with two attached hydrogens (primary N) is 1. The van der Waals surface area contributed by atoms with Gasteiger partial charge in [0.25, 0.3) is 0 Å². The van der Waals surface area contributed by atoms with Gasteiger partial charge in [-0.2, -0.15) is 0 Å². The van der Waals surface area contributed by atoms with Crippen LogP contribution < -0.4 is 11.1 Å². The topological polar surface area (TPSA) is 145 Å². The van der Waals surface area contributed by atoms with Crippen molar-refractivity contribution < 1.29 is 33.8 Å². The highest BCUT2D eigenvalue weighted by Gasteiger charge is 2.14. The van der Waals surface area contributed by atoms with Gasteiger partial charge in [0, 0.05) is 32.2 Å². The number of carbonyl (C=O) groups is 4. The number of rotatable bonds is 21. The molecular formula is C32H60N2O7. The van der Waals surface area contributed by atoms with Crippen molar-refractivity contribution in [1.29, 1.82) is 0 Å². The van der Waals surface area contributed by atoms with Crippen molar-refractivity contribution in [3.63, 3.8) is 0 Å². The Morgan fingerprint density at radius 2 is 1.24 bits per heavy atom. The van der Waals surface area contributed by atoms with Gasteiger partial charge >= 0.3 is 17.9 Å². The summed E-state index contributed by atoms with van der Waals surface area (Å²) in [5, 5.41) is 11.4. The Morgan fingerprint density at radius 1 is 0.805 bits per heavy atom. The first-order chi connectivity index (χ1) is 19.4. The van der Waals surface area contributed by atoms with Crippen LogP contribution >= 0.6 is 0 Å². The summed E-state index contributed by atoms with van der Waals surface area (Å²) in [5.41, 5.74) is 5.18. The summed E-state index contributed by atoms with van der Waals surface area (Å²) in [6.07, 6.45) is 10.1. The summed E-state index contributed by atoms with van der Waals surface area (Å²) < 4.78 is 9.53. The quantitative estimate of drug-likeness (QED) is 0.0838. The van der Waals surface area contributed by atoms with Crippen LogP contribution in [0, 0.1) is 23.7 Å². The molecule has 0 spiro atoms. The number of aliphatic carboxylic acids is 1. The monoisotopic (exact) mass is 584 g/mol. The largest absolute Gasteiger partial charge is 0.481 e. The molecule has 0 aromatic rings. The minimum atomic E-state index is -0.669. The van der Waals surface area contributed by atoms with Crippen LogP contribution in [0.1, 0.15) is 106 Å². The highest BCUT2D eigenvalue weighted by atomic mass is 16.5. The average Bonchev–Trinajstić information content (AvgIpc) is 2.91. The van der Waals surface area contributed by atoms with Gasteiger partial charge in [-0.25, -0.2) is 0 Å². The van der Waals surface area contributed by atoms with Crippen LogP contribution in [-0.4, -0.2) is 55.2 Å². The number of carboxylic acids is 1. The van der Waals surface area contributed by atoms with Gasteiger partial charge in [-0.3, -0.25) is 19.2 Å². The van der Waals surface area contributed by atoms with Crippen molar-refractivity contribution in [3.05, 3.63) is 25.3 Å². The van der Waals surface area contributed by atoms with Gasteiger partial charge in [-0.1, -0.05) is 79.7 Å². The molecule has 0 fully saturated rings. The van der Waals surface area contributed by atoms with Crippen LogP contribution in [-0.2, 0) is 28.7 Å². The molecule has 1 amide bonds. The fourth-order valence-corrected chi connectivity index (χ4v) is 3.86. The van der Waals surface area contributed by atoms with E-state index in [4.69, 9.17) is 15.6 Å². The number of hydrogen-bond donors (Lipinski definition) is 3. The summed E-state index contributed by atoms with van der Waals surface area (Å²) >= 11 is 0. The number of carboxylic acid groups (broad SMARTS) is 1. The molecule has 9 heteroatoms. The molecule has 0 aliphatic rings. The van der Waals surface area contributed by atoms with Crippen LogP contribution in [0.15, 0.2) is 25.3 Å². The van der Waals surface area contributed by atoms with E-state index in [0.717, 1.165) is 25.7 Å². The standard InChI is InChI=1S/C16H29NO3.C9H18O2.C7H13NO2/c1-5-10-20-16(19)8-7-9-17-15(18)12-14(6-2)11-13(3)4;1-4-8(5-7(2)3)6-9(10)11;1-2-6-10-7(9)4-3-5-8/h5,13-14H,1,6-12H2,2-4H3,(H,17,18);7-8H,4-6H2,1-3H3,(H,10,11);2H,1,3-6,8H2/t14-;8-;/m00./s1. The maximum atomic E-state index is 11.8. The smallest absolute Gasteiger partial charge is 0.306 e. The molecule has 0 aromatic carbocycles. The molecule has 0 aliphatic carbocycles. The van der Waals surface area contributed by atoms with E-state index in [9.17, 15) is 19.2 Å². The molecular weight excluding hydrogens is 524 g/mol. The van der Waals surface area contributed by atoms with Crippen molar-refractivity contribution in [2.75, 3.05) is 26.3 Å². The molecule has 0 saturated heterocycles. The zero-order chi connectivity index (χ0) is 32.1. The third-order valence-electron chi connectivity index (χ3n) is 5.89. The predicted octanol–water partition coefficient (Wildman–Crippen LogP) is 6.06. The first-order valence-corrected chi connectivity index (χ1v) is 15.1. The minimum absolute atomic E-state index is 0.0805. The van der Waals surface area contributed by atoms with E-state index in [-0.39, 0.29) is 24.5 Å². The van der Waals surface area contributed by atoms with Gasteiger partial charge in [0.05, 0.1) is 0 Å². The number of ether oxygens (including phenoxy) is 2. The molecule has 0 aromatic heterocycles. The maximum Gasteiger partial charge on any atom is 0.306 e. The van der Waals surface area contributed by atoms with E-state index in [2.05, 4.69) is 64.8 Å². The second-order valence-electron chi connectivity index (χ2n) is 10.9. The Hall–Kier alpha value is -2.68. The fraction of sp³-hybridized carbons (Fsp3) is 0.750. The number of nitrogens with one attached hydrogen (secondary N) is 1. The Balaban J connectivity index is -0.000000581. The van der Waals surface area contributed by atoms with Gasteiger partial charge in [0.2, 0.25) is 5.91 Å². The second-order valence-corrected chi connectivity index (χ2v) is 10.9. The van der Waals surface area contributed by atoms with Crippen LogP contribution in [0.5, 0.6) is 0 Å². The van der Waals surface area contributed by atoms with Gasteiger partial charge in [0.15, 0.2) is 0 Å². The normalized spacial score (nSPS) is 11.6. The van der Waals surface area contributed by atoms with Crippen molar-refractivity contribution >= 4 is 23.8 Å². The number of amides is 1. The van der Waals surface area contributed by atoms with Crippen molar-refractivity contribution in [2.24, 2.45) is 29.4 Å². The molecule has 0 rings (SSSR count). The molecule has 0 unspecified atom stereocenters. The summed E-state index contributed by atoms with van der Waals surface area (Å²) in [6.45, 7) is 21.3. The van der Waals surface area contributed by atoms with E-state index in [1.54, 1.807) is 12.2 Å². The van der Waals surface area contributed by atoms with Crippen molar-refractivity contribution in [1.82, 2.24) is 5.32 Å². The third kappa shape index (κ3) is 35.3. The SMILES string of the molecule is C=CCOC(=O)CCCN.C=CCOC(=O)CCCNC(=O)C[C@@H](CC)CC(C)C.CC[C@H](CC(=O)O)CC(C)C. The molecule has 0 saturated carbocycles. The maximum absolute atomic E-state index is 11.8. The lowest BCUT2D eigenvalue weighted by atomic mass is 9.92. The van der Waals surface area contributed by atoms with Gasteiger partial charge < -0.3 is 25.6 Å². The van der Waals surface area contributed by atoms with Crippen LogP contribution in [0.2, 0.25) is 0 Å². The van der Waals surface area contributed by atoms with E-state index in [1.807, 2.05) is 0 Å². The zero-order valence-electron chi connectivity index (χ0n) is 26.8. The lowest BCUT2D eigenvalue weighted by Crippen LogP contribution is -2.27. The van der Waals surface area contributed by atoms with Gasteiger partial charge in [0.1, 0.15) is 13.2 Å². The fourth-order valence-electron chi connectivity index (χ4n) is 3.86. The van der Waals surface area contributed by atoms with Crippen LogP contribution in [0.3, 0.4) is 0 Å². The van der Waals surface area contributed by atoms with Crippen molar-refractivity contribution in [3.8, 4) is 0 Å². The summed E-state index contributed by atoms with van der Waals surface area (Å²) in [5.74, 6) is 1.01. The lowest BCUT2D eigenvalue weighted by molar-refractivity contribution is -0.143. The van der Waals surface area contributed by atoms with Crippen molar-refractivity contribution in [2.45, 2.75) is 106 Å². The number of esters is 2. The molecule has 4 N–H and O–H groups in total. The number of hydrogen-bond acceptors (Lipinski definition) is 7. The summed E-state index contributed by atoms with van der Waals surface area (Å²) in [7, 11) is 0. The Morgan fingerprint density at radius 3 is 1.61 bits per heavy atom. The average molecular weight is 585 g/mol. The molecule has 2 atom stereocenters. The van der Waals surface area contributed by atoms with Gasteiger partial charge in [-0.15, -0.1) is 0 Å². The Kier molecular flexibility index (Phi) is 31.6. The lowest BCUT2D eigenvalue weighted by Gasteiger charge is -2.16. The molecule has 41 heavy (non-hydrogen) atoms. The minimum Gasteiger partial charge on any atom is -0.481 e. The van der Waals surface area contributed by atoms with Crippen LogP contribution in [0.25, 0.3) is 0 Å². The second kappa shape index (κ2) is 30.3. The molecule has 0 radical (unpaired) electrons. The number of carbonyl (C=O) groups excluding carboxylic acids is 3. The molecule has 240 valence electrons. The molecule has 0 bridgehead atoms. The van der Waals surface area contributed by atoms with Gasteiger partial charge in [-0.05, 0) is 55.9 Å². The predicted molar refractivity (Wildman–Crippen MR) is 166 cm³/mol. The zero-order valence-corrected chi connectivity index (χ0v) is 26.8. The molecule has 0 heterocycles. The Bertz CT molecular complexity index is 708. The highest BCUT2D eigenvalue weighted by molar-refractivity contribution is 5.76. The highest BCUT2D eigenvalue weighted by Crippen LogP contribution is 2.19. The molecule has 0 aliphatic heterocycles. The van der Waals surface area contributed by atoms with Crippen LogP contribution in [0.4, 0.5) is 0 Å². The first kappa shape index (κ1) is 42.8. The summed E-state index contributed by atoms with van der Waals surface area (Å²) in [4.78, 5) is 44.0. The van der Waals surface area contributed by atoms with E-state index < -0.39 is 5.97 Å². The molecule has 9 nitrogen and oxygen atoms in total. The van der Waals surface area contributed by atoms with E-state index in [0.29, 0.717) is 81.9 Å². The summed E-state index contributed by atoms with van der Waals surface area (Å²) in [6, 6.07) is 0. The Labute approximate surface area is 249 Å². The first-order valence-electron chi connectivity index (χ1n) is 15.1. The van der Waals surface area contributed by atoms with E-state index >= 15 is 0 Å². The van der Waals surface area contributed by atoms with E-state index in [1.165, 1.54) is 0 Å². The third-order valence-corrected chi connectivity index (χ3v) is 5.89.